The van der Waals surface area contributed by atoms with Crippen molar-refractivity contribution in [2.75, 3.05) is 31.8 Å². The lowest BCUT2D eigenvalue weighted by molar-refractivity contribution is -0.121. The quantitative estimate of drug-likeness (QED) is 0.603. The van der Waals surface area contributed by atoms with Crippen LogP contribution in [0.4, 0.5) is 5.69 Å². The Morgan fingerprint density at radius 3 is 2.52 bits per heavy atom. The van der Waals surface area contributed by atoms with E-state index in [4.69, 9.17) is 24.9 Å². The standard InChI is InChI=1S/C24H26N2O5/c1-13(2)21(14(3)31-25)15-6-5-7-17-22(15)24(23(27)26(17)4)12-30-18-11-20-19(10-16(18)24)28-8-9-29-20/h5-7,10-11,13H,8-9,12,25H2,1-4H3/b21-14+. The van der Waals surface area contributed by atoms with Gasteiger partial charge in [-0.25, -0.2) is 0 Å². The van der Waals surface area contributed by atoms with Crippen LogP contribution in [0.2, 0.25) is 0 Å². The third-order valence-electron chi connectivity index (χ3n) is 6.47. The predicted octanol–water partition coefficient (Wildman–Crippen LogP) is 3.39. The largest absolute Gasteiger partial charge is 0.491 e. The van der Waals surface area contributed by atoms with E-state index in [1.807, 2.05) is 37.3 Å². The summed E-state index contributed by atoms with van der Waals surface area (Å²) in [4.78, 5) is 20.7. The number of nitrogens with two attached hydrogens (primary N) is 1. The van der Waals surface area contributed by atoms with E-state index in [2.05, 4.69) is 13.8 Å². The number of amides is 1. The molecule has 2 aromatic carbocycles. The maximum atomic E-state index is 13.8. The minimum atomic E-state index is -0.971. The lowest BCUT2D eigenvalue weighted by atomic mass is 9.73. The van der Waals surface area contributed by atoms with E-state index >= 15 is 0 Å². The summed E-state index contributed by atoms with van der Waals surface area (Å²) in [6, 6.07) is 9.70. The lowest BCUT2D eigenvalue weighted by Crippen LogP contribution is -2.41. The summed E-state index contributed by atoms with van der Waals surface area (Å²) in [7, 11) is 1.81. The van der Waals surface area contributed by atoms with Gasteiger partial charge in [-0.15, -0.1) is 0 Å². The Bertz CT molecular complexity index is 1120. The van der Waals surface area contributed by atoms with Crippen molar-refractivity contribution in [1.82, 2.24) is 0 Å². The van der Waals surface area contributed by atoms with E-state index in [0.717, 1.165) is 28.0 Å². The van der Waals surface area contributed by atoms with Crippen LogP contribution >= 0.6 is 0 Å². The van der Waals surface area contributed by atoms with Gasteiger partial charge in [0.05, 0.1) is 0 Å². The highest BCUT2D eigenvalue weighted by Crippen LogP contribution is 2.56. The zero-order valence-corrected chi connectivity index (χ0v) is 18.2. The molecule has 0 radical (unpaired) electrons. The first-order valence-electron chi connectivity index (χ1n) is 10.5. The second-order valence-corrected chi connectivity index (χ2v) is 8.49. The van der Waals surface area contributed by atoms with Gasteiger partial charge in [0.2, 0.25) is 5.91 Å². The molecule has 3 aliphatic heterocycles. The Balaban J connectivity index is 1.81. The second-order valence-electron chi connectivity index (χ2n) is 8.49. The molecule has 0 aliphatic carbocycles. The van der Waals surface area contributed by atoms with Crippen molar-refractivity contribution < 1.29 is 23.8 Å². The summed E-state index contributed by atoms with van der Waals surface area (Å²) in [5, 5.41) is 0. The van der Waals surface area contributed by atoms with E-state index in [9.17, 15) is 4.79 Å². The molecule has 0 saturated carbocycles. The van der Waals surface area contributed by atoms with Crippen LogP contribution in [0.5, 0.6) is 17.2 Å². The number of allylic oxidation sites excluding steroid dienone is 2. The van der Waals surface area contributed by atoms with Gasteiger partial charge in [0, 0.05) is 35.5 Å². The number of hydrogen-bond acceptors (Lipinski definition) is 6. The van der Waals surface area contributed by atoms with Gasteiger partial charge in [0.15, 0.2) is 11.5 Å². The number of fused-ring (bicyclic) bond motifs is 5. The average molecular weight is 422 g/mol. The molecule has 7 nitrogen and oxygen atoms in total. The zero-order valence-electron chi connectivity index (χ0n) is 18.2. The molecular weight excluding hydrogens is 396 g/mol. The number of carbonyl (C=O) groups is 1. The highest BCUT2D eigenvalue weighted by Gasteiger charge is 2.57. The first-order valence-corrected chi connectivity index (χ1v) is 10.5. The lowest BCUT2D eigenvalue weighted by Gasteiger charge is -2.26. The fraction of sp³-hybridized carbons (Fsp3) is 0.375. The number of nitrogens with zero attached hydrogens (tertiary/aromatic N) is 1. The van der Waals surface area contributed by atoms with Crippen LogP contribution in [0.3, 0.4) is 0 Å². The number of anilines is 1. The molecule has 0 bridgehead atoms. The Morgan fingerprint density at radius 2 is 1.84 bits per heavy atom. The van der Waals surface area contributed by atoms with Crippen molar-refractivity contribution in [3.05, 3.63) is 52.8 Å². The minimum absolute atomic E-state index is 0.0280. The first kappa shape index (κ1) is 19.8. The number of carbonyl (C=O) groups excluding carboxylic acids is 1. The number of ether oxygens (including phenoxy) is 3. The maximum Gasteiger partial charge on any atom is 0.245 e. The van der Waals surface area contributed by atoms with Gasteiger partial charge >= 0.3 is 0 Å². The average Bonchev–Trinajstić information content (AvgIpc) is 3.24. The molecular formula is C24H26N2O5. The predicted molar refractivity (Wildman–Crippen MR) is 116 cm³/mol. The van der Waals surface area contributed by atoms with E-state index in [-0.39, 0.29) is 18.4 Å². The van der Waals surface area contributed by atoms with Crippen molar-refractivity contribution in [2.45, 2.75) is 26.2 Å². The summed E-state index contributed by atoms with van der Waals surface area (Å²) in [5.74, 6) is 8.22. The molecule has 0 fully saturated rings. The van der Waals surface area contributed by atoms with Crippen LogP contribution in [0.15, 0.2) is 36.1 Å². The van der Waals surface area contributed by atoms with Crippen molar-refractivity contribution in [1.29, 1.82) is 0 Å². The van der Waals surface area contributed by atoms with Crippen molar-refractivity contribution in [2.24, 2.45) is 11.8 Å². The fourth-order valence-electron chi connectivity index (χ4n) is 5.14. The van der Waals surface area contributed by atoms with Crippen molar-refractivity contribution >= 4 is 17.2 Å². The Kier molecular flexibility index (Phi) is 4.41. The molecule has 7 heteroatoms. The van der Waals surface area contributed by atoms with Gasteiger partial charge in [0.25, 0.3) is 0 Å². The molecule has 3 heterocycles. The van der Waals surface area contributed by atoms with Crippen molar-refractivity contribution in [3.63, 3.8) is 0 Å². The molecule has 1 spiro atoms. The highest BCUT2D eigenvalue weighted by molar-refractivity contribution is 6.12. The fourth-order valence-corrected chi connectivity index (χ4v) is 5.14. The second kappa shape index (κ2) is 6.92. The van der Waals surface area contributed by atoms with Gasteiger partial charge in [-0.05, 0) is 30.5 Å². The topological polar surface area (TPSA) is 83.3 Å². The van der Waals surface area contributed by atoms with Crippen molar-refractivity contribution in [3.8, 4) is 17.2 Å². The summed E-state index contributed by atoms with van der Waals surface area (Å²) >= 11 is 0. The van der Waals surface area contributed by atoms with Gasteiger partial charge in [-0.2, -0.15) is 5.90 Å². The van der Waals surface area contributed by atoms with E-state index < -0.39 is 5.41 Å². The summed E-state index contributed by atoms with van der Waals surface area (Å²) < 4.78 is 17.6. The van der Waals surface area contributed by atoms with Crippen LogP contribution in [-0.2, 0) is 15.0 Å². The molecule has 1 atom stereocenters. The monoisotopic (exact) mass is 422 g/mol. The Hall–Kier alpha value is -3.19. The molecule has 31 heavy (non-hydrogen) atoms. The molecule has 1 unspecified atom stereocenters. The molecule has 1 amide bonds. The molecule has 0 saturated heterocycles. The van der Waals surface area contributed by atoms with Crippen LogP contribution < -0.4 is 25.0 Å². The van der Waals surface area contributed by atoms with E-state index in [1.165, 1.54) is 0 Å². The summed E-state index contributed by atoms with van der Waals surface area (Å²) in [5.41, 5.74) is 3.51. The highest BCUT2D eigenvalue weighted by atomic mass is 16.6. The van der Waals surface area contributed by atoms with Crippen LogP contribution in [0.25, 0.3) is 5.57 Å². The number of rotatable bonds is 3. The van der Waals surface area contributed by atoms with E-state index in [1.54, 1.807) is 11.9 Å². The van der Waals surface area contributed by atoms with Crippen LogP contribution in [-0.4, -0.2) is 32.8 Å². The number of hydrogen-bond donors (Lipinski definition) is 1. The molecule has 162 valence electrons. The van der Waals surface area contributed by atoms with Crippen LogP contribution in [0, 0.1) is 5.92 Å². The number of likely N-dealkylation sites (N-methyl/N-ethyl adjacent to an activating group) is 1. The normalized spacial score (nSPS) is 21.7. The molecule has 5 rings (SSSR count). The molecule has 2 N–H and O–H groups in total. The zero-order chi connectivity index (χ0) is 21.9. The Labute approximate surface area is 181 Å². The summed E-state index contributed by atoms with van der Waals surface area (Å²) in [6.45, 7) is 7.21. The minimum Gasteiger partial charge on any atom is -0.491 e. The van der Waals surface area contributed by atoms with Gasteiger partial charge in [-0.1, -0.05) is 26.0 Å². The third-order valence-corrected chi connectivity index (χ3v) is 6.47. The van der Waals surface area contributed by atoms with Gasteiger partial charge in [-0.3, -0.25) is 4.79 Å². The smallest absolute Gasteiger partial charge is 0.245 e. The summed E-state index contributed by atoms with van der Waals surface area (Å²) in [6.07, 6.45) is 0. The maximum absolute atomic E-state index is 13.8. The molecule has 3 aliphatic rings. The third kappa shape index (κ3) is 2.59. The number of benzene rings is 2. The SMILES string of the molecule is C/C(ON)=C(\c1cccc2c1C1(COc3cc4c(cc31)OCCO4)C(=O)N2C)C(C)C. The molecule has 2 aromatic rings. The van der Waals surface area contributed by atoms with Crippen LogP contribution in [0.1, 0.15) is 37.5 Å². The molecule has 0 aromatic heterocycles. The van der Waals surface area contributed by atoms with E-state index in [0.29, 0.717) is 36.2 Å². The first-order chi connectivity index (χ1) is 14.9. The Morgan fingerprint density at radius 1 is 1.13 bits per heavy atom. The van der Waals surface area contributed by atoms with Gasteiger partial charge < -0.3 is 23.9 Å². The van der Waals surface area contributed by atoms with Gasteiger partial charge in [0.1, 0.15) is 36.7 Å².